The number of aliphatic hydroxyl groups is 1. The molecule has 3 atom stereocenters. The number of carbonyl (C=O) groups is 1. The summed E-state index contributed by atoms with van der Waals surface area (Å²) in [5, 5.41) is 15.1. The molecule has 1 fully saturated rings. The van der Waals surface area contributed by atoms with Gasteiger partial charge in [0.15, 0.2) is 0 Å². The van der Waals surface area contributed by atoms with Crippen LogP contribution >= 0.6 is 0 Å². The molecule has 19 heavy (non-hydrogen) atoms. The van der Waals surface area contributed by atoms with Gasteiger partial charge in [-0.3, -0.25) is 0 Å². The van der Waals surface area contributed by atoms with Crippen LogP contribution < -0.4 is 10.6 Å². The van der Waals surface area contributed by atoms with Gasteiger partial charge >= 0.3 is 6.03 Å². The van der Waals surface area contributed by atoms with Gasteiger partial charge in [0.2, 0.25) is 0 Å². The number of ether oxygens (including phenoxy) is 1. The minimum atomic E-state index is -0.510. The van der Waals surface area contributed by atoms with Crippen molar-refractivity contribution in [1.29, 1.82) is 0 Å². The molecule has 3 unspecified atom stereocenters. The van der Waals surface area contributed by atoms with E-state index in [1.54, 1.807) is 7.11 Å². The minimum absolute atomic E-state index is 0.137. The van der Waals surface area contributed by atoms with Crippen molar-refractivity contribution in [2.75, 3.05) is 26.8 Å². The van der Waals surface area contributed by atoms with Gasteiger partial charge in [0.25, 0.3) is 0 Å². The van der Waals surface area contributed by atoms with Gasteiger partial charge < -0.3 is 20.5 Å². The van der Waals surface area contributed by atoms with E-state index in [0.717, 1.165) is 6.54 Å². The lowest BCUT2D eigenvalue weighted by atomic mass is 9.80. The van der Waals surface area contributed by atoms with Gasteiger partial charge in [0.1, 0.15) is 0 Å². The predicted molar refractivity (Wildman–Crippen MR) is 75.0 cm³/mol. The molecule has 1 saturated carbocycles. The van der Waals surface area contributed by atoms with Crippen molar-refractivity contribution in [1.82, 2.24) is 10.6 Å². The summed E-state index contributed by atoms with van der Waals surface area (Å²) in [6.07, 6.45) is 5.10. The van der Waals surface area contributed by atoms with Crippen LogP contribution in [0.5, 0.6) is 0 Å². The Bertz CT molecular complexity index is 261. The third-order valence-electron chi connectivity index (χ3n) is 3.94. The SMILES string of the molecule is COCC(O)CCNC(=O)NCC1CCCCC1C. The van der Waals surface area contributed by atoms with Crippen molar-refractivity contribution in [3.63, 3.8) is 0 Å². The van der Waals surface area contributed by atoms with Crippen molar-refractivity contribution in [2.24, 2.45) is 11.8 Å². The smallest absolute Gasteiger partial charge is 0.314 e. The van der Waals surface area contributed by atoms with E-state index in [1.807, 2.05) is 0 Å². The third-order valence-corrected chi connectivity index (χ3v) is 3.94. The molecule has 0 spiro atoms. The quantitative estimate of drug-likeness (QED) is 0.658. The Labute approximate surface area is 116 Å². The van der Waals surface area contributed by atoms with Gasteiger partial charge in [-0.05, 0) is 24.7 Å². The molecule has 0 bridgehead atoms. The van der Waals surface area contributed by atoms with E-state index in [2.05, 4.69) is 17.6 Å². The van der Waals surface area contributed by atoms with Crippen LogP contribution in [0.15, 0.2) is 0 Å². The number of aliphatic hydroxyl groups excluding tert-OH is 1. The highest BCUT2D eigenvalue weighted by Gasteiger charge is 2.21. The van der Waals surface area contributed by atoms with Crippen LogP contribution in [0.1, 0.15) is 39.0 Å². The predicted octanol–water partition coefficient (Wildman–Crippen LogP) is 1.51. The molecule has 3 N–H and O–H groups in total. The molecule has 0 aromatic rings. The van der Waals surface area contributed by atoms with Gasteiger partial charge in [-0.15, -0.1) is 0 Å². The fourth-order valence-electron chi connectivity index (χ4n) is 2.61. The van der Waals surface area contributed by atoms with Crippen LogP contribution in [0.4, 0.5) is 4.79 Å². The summed E-state index contributed by atoms with van der Waals surface area (Å²) in [5.74, 6) is 1.32. The summed E-state index contributed by atoms with van der Waals surface area (Å²) in [6.45, 7) is 3.80. The Morgan fingerprint density at radius 1 is 1.37 bits per heavy atom. The molecule has 1 aliphatic carbocycles. The average Bonchev–Trinajstić information content (AvgIpc) is 2.38. The number of hydrogen-bond acceptors (Lipinski definition) is 3. The second-order valence-corrected chi connectivity index (χ2v) is 5.56. The van der Waals surface area contributed by atoms with Gasteiger partial charge in [-0.25, -0.2) is 4.79 Å². The summed E-state index contributed by atoms with van der Waals surface area (Å²) in [7, 11) is 1.55. The molecule has 0 aliphatic heterocycles. The van der Waals surface area contributed by atoms with Crippen LogP contribution in [0.25, 0.3) is 0 Å². The van der Waals surface area contributed by atoms with Gasteiger partial charge in [-0.2, -0.15) is 0 Å². The number of nitrogens with one attached hydrogen (secondary N) is 2. The third kappa shape index (κ3) is 6.78. The van der Waals surface area contributed by atoms with Crippen LogP contribution in [0.2, 0.25) is 0 Å². The summed E-state index contributed by atoms with van der Waals surface area (Å²) < 4.78 is 4.82. The molecule has 112 valence electrons. The Balaban J connectivity index is 2.07. The fourth-order valence-corrected chi connectivity index (χ4v) is 2.61. The lowest BCUT2D eigenvalue weighted by molar-refractivity contribution is 0.0598. The molecule has 1 rings (SSSR count). The van der Waals surface area contributed by atoms with E-state index in [-0.39, 0.29) is 6.03 Å². The second-order valence-electron chi connectivity index (χ2n) is 5.56. The van der Waals surface area contributed by atoms with Gasteiger partial charge in [0, 0.05) is 20.2 Å². The number of carbonyl (C=O) groups excluding carboxylic acids is 1. The summed E-state index contributed by atoms with van der Waals surface area (Å²) in [4.78, 5) is 11.6. The summed E-state index contributed by atoms with van der Waals surface area (Å²) in [6, 6.07) is -0.137. The first-order chi connectivity index (χ1) is 9.13. The zero-order valence-electron chi connectivity index (χ0n) is 12.2. The lowest BCUT2D eigenvalue weighted by Crippen LogP contribution is -2.41. The summed E-state index contributed by atoms with van der Waals surface area (Å²) in [5.41, 5.74) is 0. The molecule has 2 amide bonds. The van der Waals surface area contributed by atoms with E-state index in [0.29, 0.717) is 31.4 Å². The zero-order valence-corrected chi connectivity index (χ0v) is 12.2. The second kappa shape index (κ2) is 9.15. The number of hydrogen-bond donors (Lipinski definition) is 3. The van der Waals surface area contributed by atoms with Crippen LogP contribution in [-0.2, 0) is 4.74 Å². The van der Waals surface area contributed by atoms with E-state index in [1.165, 1.54) is 25.7 Å². The molecule has 0 aromatic carbocycles. The zero-order chi connectivity index (χ0) is 14.1. The lowest BCUT2D eigenvalue weighted by Gasteiger charge is -2.28. The van der Waals surface area contributed by atoms with E-state index in [9.17, 15) is 9.90 Å². The number of rotatable bonds is 7. The van der Waals surface area contributed by atoms with E-state index < -0.39 is 6.10 Å². The van der Waals surface area contributed by atoms with Crippen LogP contribution in [-0.4, -0.2) is 44.0 Å². The maximum atomic E-state index is 11.6. The molecule has 1 aliphatic rings. The van der Waals surface area contributed by atoms with Gasteiger partial charge in [-0.1, -0.05) is 26.2 Å². The Kier molecular flexibility index (Phi) is 7.82. The highest BCUT2D eigenvalue weighted by atomic mass is 16.5. The first-order valence-electron chi connectivity index (χ1n) is 7.32. The average molecular weight is 272 g/mol. The molecular formula is C14H28N2O3. The Morgan fingerprint density at radius 3 is 2.79 bits per heavy atom. The molecule has 5 heteroatoms. The molecule has 0 aromatic heterocycles. The number of urea groups is 1. The molecule has 5 nitrogen and oxygen atoms in total. The van der Waals surface area contributed by atoms with Crippen LogP contribution in [0, 0.1) is 11.8 Å². The monoisotopic (exact) mass is 272 g/mol. The maximum absolute atomic E-state index is 11.6. The first-order valence-corrected chi connectivity index (χ1v) is 7.32. The maximum Gasteiger partial charge on any atom is 0.314 e. The number of amides is 2. The van der Waals surface area contributed by atoms with Crippen molar-refractivity contribution >= 4 is 6.03 Å². The first kappa shape index (κ1) is 16.2. The Hall–Kier alpha value is -0.810. The molecule has 0 radical (unpaired) electrons. The van der Waals surface area contributed by atoms with E-state index in [4.69, 9.17) is 4.74 Å². The molecule has 0 saturated heterocycles. The number of methoxy groups -OCH3 is 1. The molecular weight excluding hydrogens is 244 g/mol. The van der Waals surface area contributed by atoms with Gasteiger partial charge in [0.05, 0.1) is 12.7 Å². The normalized spacial score (nSPS) is 24.8. The minimum Gasteiger partial charge on any atom is -0.391 e. The van der Waals surface area contributed by atoms with Crippen molar-refractivity contribution < 1.29 is 14.6 Å². The van der Waals surface area contributed by atoms with Crippen LogP contribution in [0.3, 0.4) is 0 Å². The van der Waals surface area contributed by atoms with Crippen molar-refractivity contribution in [3.05, 3.63) is 0 Å². The van der Waals surface area contributed by atoms with Crippen molar-refractivity contribution in [3.8, 4) is 0 Å². The standard InChI is InChI=1S/C14H28N2O3/c1-11-5-3-4-6-12(11)9-16-14(18)15-8-7-13(17)10-19-2/h11-13,17H,3-10H2,1-2H3,(H2,15,16,18). The van der Waals surface area contributed by atoms with E-state index >= 15 is 0 Å². The summed E-state index contributed by atoms with van der Waals surface area (Å²) >= 11 is 0. The molecule has 0 heterocycles. The fraction of sp³-hybridized carbons (Fsp3) is 0.929. The largest absolute Gasteiger partial charge is 0.391 e. The highest BCUT2D eigenvalue weighted by Crippen LogP contribution is 2.28. The Morgan fingerprint density at radius 2 is 2.11 bits per heavy atom. The highest BCUT2D eigenvalue weighted by molar-refractivity contribution is 5.73. The van der Waals surface area contributed by atoms with Crippen molar-refractivity contribution in [2.45, 2.75) is 45.1 Å². The topological polar surface area (TPSA) is 70.6 Å².